The van der Waals surface area contributed by atoms with Crippen molar-refractivity contribution in [3.8, 4) is 11.1 Å². The third-order valence-electron chi connectivity index (χ3n) is 3.68. The van der Waals surface area contributed by atoms with Crippen LogP contribution in [0.25, 0.3) is 11.1 Å². The highest BCUT2D eigenvalue weighted by Gasteiger charge is 2.15. The summed E-state index contributed by atoms with van der Waals surface area (Å²) in [6.07, 6.45) is 0. The fourth-order valence-electron chi connectivity index (χ4n) is 2.49. The molecule has 3 aromatic rings. The average Bonchev–Trinajstić information content (AvgIpc) is 2.97. The number of anilines is 1. The molecule has 1 amide bonds. The molecule has 6 heteroatoms. The van der Waals surface area contributed by atoms with Gasteiger partial charge in [-0.05, 0) is 30.2 Å². The molecule has 0 radical (unpaired) electrons. The van der Waals surface area contributed by atoms with Crippen molar-refractivity contribution < 1.29 is 9.53 Å². The van der Waals surface area contributed by atoms with Crippen molar-refractivity contribution in [2.45, 2.75) is 13.5 Å². The molecule has 0 fully saturated rings. The molecule has 5 nitrogen and oxygen atoms in total. The summed E-state index contributed by atoms with van der Waals surface area (Å²) in [6, 6.07) is 17.1. The van der Waals surface area contributed by atoms with Crippen LogP contribution in [-0.4, -0.2) is 22.7 Å². The lowest BCUT2D eigenvalue weighted by molar-refractivity contribution is -0.121. The van der Waals surface area contributed by atoms with Crippen LogP contribution in [0.5, 0.6) is 0 Å². The molecule has 0 saturated carbocycles. The Bertz CT molecular complexity index is 845. The highest BCUT2D eigenvalue weighted by Crippen LogP contribution is 2.30. The summed E-state index contributed by atoms with van der Waals surface area (Å²) in [7, 11) is 0. The minimum absolute atomic E-state index is 0.0408. The standard InChI is InChI=1S/C19H18ClN3O2/c1-13-18(15-7-9-16(20)10-8-15)19(23-22-13)21-17(24)12-25-11-14-5-3-2-4-6-14/h2-10H,11-12H2,1H3,(H2,21,22,23,24). The van der Waals surface area contributed by atoms with Gasteiger partial charge in [-0.25, -0.2) is 0 Å². The lowest BCUT2D eigenvalue weighted by Crippen LogP contribution is -2.18. The number of ether oxygens (including phenoxy) is 1. The molecule has 0 spiro atoms. The third-order valence-corrected chi connectivity index (χ3v) is 3.93. The monoisotopic (exact) mass is 355 g/mol. The molecule has 0 unspecified atom stereocenters. The molecule has 1 heterocycles. The number of carbonyl (C=O) groups is 1. The van der Waals surface area contributed by atoms with Gasteiger partial charge in [0.15, 0.2) is 5.82 Å². The van der Waals surface area contributed by atoms with Gasteiger partial charge in [0.2, 0.25) is 0 Å². The molecular weight excluding hydrogens is 338 g/mol. The Morgan fingerprint density at radius 1 is 1.16 bits per heavy atom. The Labute approximate surface area is 151 Å². The number of rotatable bonds is 6. The number of benzene rings is 2. The maximum absolute atomic E-state index is 12.1. The topological polar surface area (TPSA) is 67.0 Å². The molecular formula is C19H18ClN3O2. The SMILES string of the molecule is Cc1[nH]nc(NC(=O)COCc2ccccc2)c1-c1ccc(Cl)cc1. The van der Waals surface area contributed by atoms with E-state index in [1.807, 2.05) is 49.4 Å². The van der Waals surface area contributed by atoms with Gasteiger partial charge in [-0.15, -0.1) is 0 Å². The number of hydrogen-bond acceptors (Lipinski definition) is 3. The Balaban J connectivity index is 1.63. The zero-order valence-corrected chi connectivity index (χ0v) is 14.5. The Hall–Kier alpha value is -2.63. The Morgan fingerprint density at radius 3 is 2.60 bits per heavy atom. The molecule has 2 aromatic carbocycles. The molecule has 1 aromatic heterocycles. The summed E-state index contributed by atoms with van der Waals surface area (Å²) < 4.78 is 5.45. The van der Waals surface area contributed by atoms with Crippen molar-refractivity contribution in [1.29, 1.82) is 0 Å². The van der Waals surface area contributed by atoms with Crippen LogP contribution in [0.2, 0.25) is 5.02 Å². The number of aryl methyl sites for hydroxylation is 1. The van der Waals surface area contributed by atoms with Gasteiger partial charge in [-0.3, -0.25) is 9.89 Å². The van der Waals surface area contributed by atoms with Crippen molar-refractivity contribution >= 4 is 23.3 Å². The van der Waals surface area contributed by atoms with E-state index >= 15 is 0 Å². The number of nitrogens with one attached hydrogen (secondary N) is 2. The van der Waals surface area contributed by atoms with Gasteiger partial charge in [-0.2, -0.15) is 5.10 Å². The van der Waals surface area contributed by atoms with Crippen molar-refractivity contribution in [2.24, 2.45) is 0 Å². The molecule has 0 saturated heterocycles. The quantitative estimate of drug-likeness (QED) is 0.696. The van der Waals surface area contributed by atoms with Gasteiger partial charge in [0.25, 0.3) is 5.91 Å². The van der Waals surface area contributed by atoms with Crippen LogP contribution in [-0.2, 0) is 16.1 Å². The minimum Gasteiger partial charge on any atom is -0.367 e. The predicted molar refractivity (Wildman–Crippen MR) is 98.5 cm³/mol. The highest BCUT2D eigenvalue weighted by atomic mass is 35.5. The normalized spacial score (nSPS) is 10.6. The summed E-state index contributed by atoms with van der Waals surface area (Å²) in [5, 5.41) is 10.5. The van der Waals surface area contributed by atoms with E-state index in [-0.39, 0.29) is 12.5 Å². The summed E-state index contributed by atoms with van der Waals surface area (Å²) in [5.74, 6) is 0.228. The first-order valence-electron chi connectivity index (χ1n) is 7.86. The molecule has 128 valence electrons. The Morgan fingerprint density at radius 2 is 1.88 bits per heavy atom. The van der Waals surface area contributed by atoms with Gasteiger partial charge in [-0.1, -0.05) is 54.1 Å². The minimum atomic E-state index is -0.252. The predicted octanol–water partition coefficient (Wildman–Crippen LogP) is 4.19. The van der Waals surface area contributed by atoms with Gasteiger partial charge in [0.1, 0.15) is 6.61 Å². The smallest absolute Gasteiger partial charge is 0.251 e. The maximum Gasteiger partial charge on any atom is 0.251 e. The number of nitrogens with zero attached hydrogens (tertiary/aromatic N) is 1. The van der Waals surface area contributed by atoms with Crippen molar-refractivity contribution in [3.05, 3.63) is 70.9 Å². The first-order valence-corrected chi connectivity index (χ1v) is 8.23. The van der Waals surface area contributed by atoms with Crippen LogP contribution >= 0.6 is 11.6 Å². The van der Waals surface area contributed by atoms with E-state index in [1.165, 1.54) is 0 Å². The van der Waals surface area contributed by atoms with Crippen molar-refractivity contribution in [1.82, 2.24) is 10.2 Å². The van der Waals surface area contributed by atoms with Crippen LogP contribution in [0.15, 0.2) is 54.6 Å². The van der Waals surface area contributed by atoms with E-state index in [9.17, 15) is 4.79 Å². The van der Waals surface area contributed by atoms with Gasteiger partial charge in [0, 0.05) is 16.3 Å². The van der Waals surface area contributed by atoms with E-state index in [0.717, 1.165) is 22.4 Å². The van der Waals surface area contributed by atoms with Crippen LogP contribution in [0, 0.1) is 6.92 Å². The highest BCUT2D eigenvalue weighted by molar-refractivity contribution is 6.30. The molecule has 25 heavy (non-hydrogen) atoms. The maximum atomic E-state index is 12.1. The number of carbonyl (C=O) groups excluding carboxylic acids is 1. The largest absolute Gasteiger partial charge is 0.367 e. The number of amides is 1. The van der Waals surface area contributed by atoms with Crippen LogP contribution in [0.4, 0.5) is 5.82 Å². The zero-order valence-electron chi connectivity index (χ0n) is 13.8. The summed E-state index contributed by atoms with van der Waals surface area (Å²) in [6.45, 7) is 2.25. The number of halogens is 1. The number of aromatic nitrogens is 2. The number of aromatic amines is 1. The zero-order chi connectivity index (χ0) is 17.6. The lowest BCUT2D eigenvalue weighted by atomic mass is 10.1. The van der Waals surface area contributed by atoms with E-state index in [4.69, 9.17) is 16.3 Å². The Kier molecular flexibility index (Phi) is 5.48. The molecule has 2 N–H and O–H groups in total. The second kappa shape index (κ2) is 7.96. The van der Waals surface area contributed by atoms with Gasteiger partial charge < -0.3 is 10.1 Å². The van der Waals surface area contributed by atoms with Crippen LogP contribution < -0.4 is 5.32 Å². The molecule has 0 aliphatic rings. The number of hydrogen-bond donors (Lipinski definition) is 2. The molecule has 3 rings (SSSR count). The number of H-pyrrole nitrogens is 1. The summed E-state index contributed by atoms with van der Waals surface area (Å²) in [4.78, 5) is 12.1. The van der Waals surface area contributed by atoms with Crippen molar-refractivity contribution in [2.75, 3.05) is 11.9 Å². The summed E-state index contributed by atoms with van der Waals surface area (Å²) in [5.41, 5.74) is 3.65. The van der Waals surface area contributed by atoms with Gasteiger partial charge >= 0.3 is 0 Å². The van der Waals surface area contributed by atoms with Crippen LogP contribution in [0.3, 0.4) is 0 Å². The lowest BCUT2D eigenvalue weighted by Gasteiger charge is -2.07. The fourth-order valence-corrected chi connectivity index (χ4v) is 2.62. The second-order valence-electron chi connectivity index (χ2n) is 5.61. The van der Waals surface area contributed by atoms with Crippen LogP contribution in [0.1, 0.15) is 11.3 Å². The molecule has 0 aliphatic carbocycles. The van der Waals surface area contributed by atoms with Gasteiger partial charge in [0.05, 0.1) is 6.61 Å². The third kappa shape index (κ3) is 4.47. The van der Waals surface area contributed by atoms with E-state index in [2.05, 4.69) is 15.5 Å². The molecule has 0 atom stereocenters. The average molecular weight is 356 g/mol. The molecule has 0 bridgehead atoms. The fraction of sp³-hybridized carbons (Fsp3) is 0.158. The first kappa shape index (κ1) is 17.2. The van der Waals surface area contributed by atoms with Crippen molar-refractivity contribution in [3.63, 3.8) is 0 Å². The summed E-state index contributed by atoms with van der Waals surface area (Å²) >= 11 is 5.93. The molecule has 0 aliphatic heterocycles. The second-order valence-corrected chi connectivity index (χ2v) is 6.04. The van der Waals surface area contributed by atoms with E-state index in [0.29, 0.717) is 17.4 Å². The first-order chi connectivity index (χ1) is 12.1. The van der Waals surface area contributed by atoms with E-state index in [1.54, 1.807) is 12.1 Å². The van der Waals surface area contributed by atoms with E-state index < -0.39 is 0 Å².